The molecule has 23 heavy (non-hydrogen) atoms. The van der Waals surface area contributed by atoms with Gasteiger partial charge in [-0.3, -0.25) is 4.90 Å². The Balaban J connectivity index is 1.56. The molecular formula is C17H26ClNO4. The van der Waals surface area contributed by atoms with Crippen molar-refractivity contribution in [1.29, 1.82) is 0 Å². The van der Waals surface area contributed by atoms with Crippen molar-refractivity contribution in [2.45, 2.75) is 32.2 Å². The van der Waals surface area contributed by atoms with Gasteiger partial charge in [0.05, 0.1) is 31.5 Å². The maximum Gasteiger partial charge on any atom is 0.119 e. The third kappa shape index (κ3) is 7.06. The Morgan fingerprint density at radius 1 is 1.22 bits per heavy atom. The number of rotatable bonds is 8. The Hall–Kier alpha value is -0.850. The average molecular weight is 344 g/mol. The van der Waals surface area contributed by atoms with Gasteiger partial charge in [0, 0.05) is 24.7 Å². The zero-order chi connectivity index (χ0) is 16.7. The first kappa shape index (κ1) is 18.5. The van der Waals surface area contributed by atoms with E-state index in [9.17, 15) is 5.11 Å². The summed E-state index contributed by atoms with van der Waals surface area (Å²) in [7, 11) is 0. The van der Waals surface area contributed by atoms with E-state index < -0.39 is 6.10 Å². The van der Waals surface area contributed by atoms with Crippen LogP contribution >= 0.6 is 11.6 Å². The zero-order valence-electron chi connectivity index (χ0n) is 13.8. The SMILES string of the molecule is C[C@@H]1CN(C[C@H](O)COCCOc2ccc(Cl)cc2)C[C@@H](C)O1. The van der Waals surface area contributed by atoms with Gasteiger partial charge in [0.25, 0.3) is 0 Å². The molecule has 1 heterocycles. The fourth-order valence-electron chi connectivity index (χ4n) is 2.75. The number of halogens is 1. The van der Waals surface area contributed by atoms with E-state index in [4.69, 9.17) is 25.8 Å². The number of hydrogen-bond acceptors (Lipinski definition) is 5. The standard InChI is InChI=1S/C17H26ClNO4/c1-13-9-19(10-14(2)23-13)11-16(20)12-21-7-8-22-17-5-3-15(18)4-6-17/h3-6,13-14,16,20H,7-12H2,1-2H3/t13-,14-,16+/m1/s1. The summed E-state index contributed by atoms with van der Waals surface area (Å²) in [6, 6.07) is 7.20. The highest BCUT2D eigenvalue weighted by Gasteiger charge is 2.23. The summed E-state index contributed by atoms with van der Waals surface area (Å²) in [5.74, 6) is 0.759. The van der Waals surface area contributed by atoms with Crippen LogP contribution in [0.1, 0.15) is 13.8 Å². The number of benzene rings is 1. The van der Waals surface area contributed by atoms with Crippen molar-refractivity contribution in [2.24, 2.45) is 0 Å². The van der Waals surface area contributed by atoms with E-state index in [-0.39, 0.29) is 12.2 Å². The maximum absolute atomic E-state index is 10.1. The molecule has 0 aliphatic carbocycles. The van der Waals surface area contributed by atoms with Gasteiger partial charge < -0.3 is 19.3 Å². The van der Waals surface area contributed by atoms with E-state index >= 15 is 0 Å². The first-order valence-corrected chi connectivity index (χ1v) is 8.42. The molecule has 1 aromatic carbocycles. The lowest BCUT2D eigenvalue weighted by Crippen LogP contribution is -2.48. The van der Waals surface area contributed by atoms with Gasteiger partial charge in [-0.15, -0.1) is 0 Å². The van der Waals surface area contributed by atoms with Crippen LogP contribution in [0.15, 0.2) is 24.3 Å². The molecule has 2 rings (SSSR count). The van der Waals surface area contributed by atoms with Crippen LogP contribution in [0.3, 0.4) is 0 Å². The second-order valence-corrected chi connectivity index (χ2v) is 6.44. The van der Waals surface area contributed by atoms with Gasteiger partial charge >= 0.3 is 0 Å². The molecule has 1 saturated heterocycles. The highest BCUT2D eigenvalue weighted by Crippen LogP contribution is 2.15. The number of β-amino-alcohol motifs (C(OH)–C–C–N with tert-alkyl or cyclic N) is 1. The molecule has 1 aliphatic rings. The van der Waals surface area contributed by atoms with E-state index in [0.29, 0.717) is 31.4 Å². The molecule has 1 aliphatic heterocycles. The molecule has 0 spiro atoms. The Kier molecular flexibility index (Phi) is 7.59. The second kappa shape index (κ2) is 9.45. The van der Waals surface area contributed by atoms with Crippen LogP contribution in [0.4, 0.5) is 0 Å². The summed E-state index contributed by atoms with van der Waals surface area (Å²) in [5, 5.41) is 10.7. The van der Waals surface area contributed by atoms with E-state index in [1.54, 1.807) is 12.1 Å². The van der Waals surface area contributed by atoms with E-state index in [1.165, 1.54) is 0 Å². The van der Waals surface area contributed by atoms with Gasteiger partial charge in [-0.1, -0.05) is 11.6 Å². The zero-order valence-corrected chi connectivity index (χ0v) is 14.5. The van der Waals surface area contributed by atoms with Crippen LogP contribution in [-0.2, 0) is 9.47 Å². The molecule has 1 fully saturated rings. The van der Waals surface area contributed by atoms with E-state index in [2.05, 4.69) is 18.7 Å². The molecule has 0 amide bonds. The number of nitrogens with zero attached hydrogens (tertiary/aromatic N) is 1. The molecule has 0 radical (unpaired) electrons. The van der Waals surface area contributed by atoms with E-state index in [0.717, 1.165) is 18.8 Å². The highest BCUT2D eigenvalue weighted by atomic mass is 35.5. The fraction of sp³-hybridized carbons (Fsp3) is 0.647. The number of aliphatic hydroxyl groups is 1. The van der Waals surface area contributed by atoms with Crippen molar-refractivity contribution >= 4 is 11.6 Å². The Bertz CT molecular complexity index is 446. The largest absolute Gasteiger partial charge is 0.491 e. The quantitative estimate of drug-likeness (QED) is 0.733. The fourth-order valence-corrected chi connectivity index (χ4v) is 2.88. The minimum absolute atomic E-state index is 0.208. The average Bonchev–Trinajstić information content (AvgIpc) is 2.47. The Labute approximate surface area is 143 Å². The van der Waals surface area contributed by atoms with Gasteiger partial charge in [0.1, 0.15) is 12.4 Å². The van der Waals surface area contributed by atoms with Gasteiger partial charge in [-0.25, -0.2) is 0 Å². The molecule has 0 saturated carbocycles. The van der Waals surface area contributed by atoms with Gasteiger partial charge in [0.15, 0.2) is 0 Å². The lowest BCUT2D eigenvalue weighted by Gasteiger charge is -2.36. The predicted octanol–water partition coefficient (Wildman–Crippen LogP) is 2.21. The van der Waals surface area contributed by atoms with Crippen LogP contribution in [0.2, 0.25) is 5.02 Å². The molecule has 3 atom stereocenters. The Morgan fingerprint density at radius 2 is 1.87 bits per heavy atom. The van der Waals surface area contributed by atoms with Gasteiger partial charge in [0.2, 0.25) is 0 Å². The van der Waals surface area contributed by atoms with Crippen LogP contribution in [-0.4, -0.2) is 67.8 Å². The number of aliphatic hydroxyl groups excluding tert-OH is 1. The van der Waals surface area contributed by atoms with Crippen LogP contribution in [0.25, 0.3) is 0 Å². The highest BCUT2D eigenvalue weighted by molar-refractivity contribution is 6.30. The van der Waals surface area contributed by atoms with Crippen molar-refractivity contribution in [2.75, 3.05) is 39.5 Å². The maximum atomic E-state index is 10.1. The molecule has 1 N–H and O–H groups in total. The normalized spacial score (nSPS) is 23.7. The van der Waals surface area contributed by atoms with Crippen molar-refractivity contribution in [3.8, 4) is 5.75 Å². The molecule has 6 heteroatoms. The smallest absolute Gasteiger partial charge is 0.119 e. The molecule has 5 nitrogen and oxygen atoms in total. The summed E-state index contributed by atoms with van der Waals surface area (Å²) in [6.07, 6.45) is -0.0812. The third-order valence-electron chi connectivity index (χ3n) is 3.58. The summed E-state index contributed by atoms with van der Waals surface area (Å²) in [5.41, 5.74) is 0. The minimum Gasteiger partial charge on any atom is -0.491 e. The lowest BCUT2D eigenvalue weighted by atomic mass is 10.2. The minimum atomic E-state index is -0.497. The molecular weight excluding hydrogens is 318 g/mol. The number of hydrogen-bond donors (Lipinski definition) is 1. The second-order valence-electron chi connectivity index (χ2n) is 6.01. The summed E-state index contributed by atoms with van der Waals surface area (Å²) >= 11 is 5.81. The van der Waals surface area contributed by atoms with Crippen LogP contribution in [0, 0.1) is 0 Å². The monoisotopic (exact) mass is 343 g/mol. The lowest BCUT2D eigenvalue weighted by molar-refractivity contribution is -0.0824. The van der Waals surface area contributed by atoms with Gasteiger partial charge in [-0.05, 0) is 38.1 Å². The number of morpholine rings is 1. The summed E-state index contributed by atoms with van der Waals surface area (Å²) < 4.78 is 16.7. The summed E-state index contributed by atoms with van der Waals surface area (Å²) in [6.45, 7) is 7.61. The first-order chi connectivity index (χ1) is 11.0. The molecule has 1 aromatic rings. The predicted molar refractivity (Wildman–Crippen MR) is 90.2 cm³/mol. The molecule has 0 unspecified atom stereocenters. The third-order valence-corrected chi connectivity index (χ3v) is 3.84. The number of ether oxygens (including phenoxy) is 3. The Morgan fingerprint density at radius 3 is 2.52 bits per heavy atom. The van der Waals surface area contributed by atoms with E-state index in [1.807, 2.05) is 12.1 Å². The summed E-state index contributed by atoms with van der Waals surface area (Å²) in [4.78, 5) is 2.22. The van der Waals surface area contributed by atoms with Crippen molar-refractivity contribution < 1.29 is 19.3 Å². The molecule has 0 bridgehead atoms. The van der Waals surface area contributed by atoms with Crippen molar-refractivity contribution in [3.05, 3.63) is 29.3 Å². The van der Waals surface area contributed by atoms with Crippen molar-refractivity contribution in [3.63, 3.8) is 0 Å². The molecule has 130 valence electrons. The van der Waals surface area contributed by atoms with Crippen LogP contribution in [0.5, 0.6) is 5.75 Å². The van der Waals surface area contributed by atoms with Crippen LogP contribution < -0.4 is 4.74 Å². The van der Waals surface area contributed by atoms with Gasteiger partial charge in [-0.2, -0.15) is 0 Å². The topological polar surface area (TPSA) is 51.2 Å². The molecule has 0 aromatic heterocycles. The first-order valence-electron chi connectivity index (χ1n) is 8.05. The van der Waals surface area contributed by atoms with Crippen molar-refractivity contribution in [1.82, 2.24) is 4.90 Å².